The standard InChI is InChI=1S/C16H13ClFNS/c17-13-5-2-6-14(18)12(13)9-15(19)11-4-1-3-10-7-8-20-16(10)11/h1-8,15H,9,19H2. The van der Waals surface area contributed by atoms with Crippen LogP contribution in [0.3, 0.4) is 0 Å². The van der Waals surface area contributed by atoms with Gasteiger partial charge in [0.2, 0.25) is 0 Å². The largest absolute Gasteiger partial charge is 0.324 e. The van der Waals surface area contributed by atoms with Crippen LogP contribution in [0.4, 0.5) is 4.39 Å². The average Bonchev–Trinajstić information content (AvgIpc) is 2.91. The second-order valence-corrected chi connectivity index (χ2v) is 6.02. The van der Waals surface area contributed by atoms with Crippen LogP contribution in [0.2, 0.25) is 5.02 Å². The predicted molar refractivity (Wildman–Crippen MR) is 83.9 cm³/mol. The second kappa shape index (κ2) is 5.52. The van der Waals surface area contributed by atoms with Gasteiger partial charge in [-0.3, -0.25) is 0 Å². The molecule has 0 spiro atoms. The van der Waals surface area contributed by atoms with Crippen LogP contribution in [0.15, 0.2) is 47.8 Å². The van der Waals surface area contributed by atoms with Crippen LogP contribution in [0.1, 0.15) is 17.2 Å². The van der Waals surface area contributed by atoms with Gasteiger partial charge in [-0.2, -0.15) is 0 Å². The number of halogens is 2. The Labute approximate surface area is 125 Å². The Morgan fingerprint density at radius 1 is 1.15 bits per heavy atom. The highest BCUT2D eigenvalue weighted by atomic mass is 35.5. The summed E-state index contributed by atoms with van der Waals surface area (Å²) in [6.07, 6.45) is 0.391. The van der Waals surface area contributed by atoms with E-state index in [9.17, 15) is 4.39 Å². The Hall–Kier alpha value is -1.42. The van der Waals surface area contributed by atoms with Gasteiger partial charge in [-0.25, -0.2) is 4.39 Å². The van der Waals surface area contributed by atoms with E-state index in [-0.39, 0.29) is 11.9 Å². The van der Waals surface area contributed by atoms with E-state index in [1.807, 2.05) is 17.5 Å². The van der Waals surface area contributed by atoms with Gasteiger partial charge in [0.25, 0.3) is 0 Å². The van der Waals surface area contributed by atoms with Gasteiger partial charge in [-0.15, -0.1) is 11.3 Å². The van der Waals surface area contributed by atoms with Crippen molar-refractivity contribution in [2.45, 2.75) is 12.5 Å². The number of thiophene rings is 1. The molecule has 1 aromatic heterocycles. The topological polar surface area (TPSA) is 26.0 Å². The van der Waals surface area contributed by atoms with Crippen LogP contribution < -0.4 is 5.73 Å². The highest BCUT2D eigenvalue weighted by Crippen LogP contribution is 2.31. The van der Waals surface area contributed by atoms with Crippen LogP contribution >= 0.6 is 22.9 Å². The molecule has 3 rings (SSSR count). The number of fused-ring (bicyclic) bond motifs is 1. The van der Waals surface area contributed by atoms with Crippen LogP contribution in [-0.2, 0) is 6.42 Å². The smallest absolute Gasteiger partial charge is 0.127 e. The molecule has 1 unspecified atom stereocenters. The first-order chi connectivity index (χ1) is 9.66. The molecule has 2 aromatic carbocycles. The van der Waals surface area contributed by atoms with Crippen molar-refractivity contribution in [2.24, 2.45) is 5.73 Å². The number of hydrogen-bond acceptors (Lipinski definition) is 2. The van der Waals surface area contributed by atoms with Crippen LogP contribution in [0, 0.1) is 5.82 Å². The van der Waals surface area contributed by atoms with E-state index in [0.29, 0.717) is 17.0 Å². The number of benzene rings is 2. The summed E-state index contributed by atoms with van der Waals surface area (Å²) >= 11 is 7.72. The fourth-order valence-electron chi connectivity index (χ4n) is 2.37. The van der Waals surface area contributed by atoms with Crippen LogP contribution in [0.5, 0.6) is 0 Å². The Morgan fingerprint density at radius 2 is 1.95 bits per heavy atom. The summed E-state index contributed by atoms with van der Waals surface area (Å²) in [6.45, 7) is 0. The minimum atomic E-state index is -0.300. The van der Waals surface area contributed by atoms with Crippen molar-refractivity contribution in [1.82, 2.24) is 0 Å². The highest BCUT2D eigenvalue weighted by molar-refractivity contribution is 7.17. The van der Waals surface area contributed by atoms with Gasteiger partial charge in [-0.1, -0.05) is 35.9 Å². The lowest BCUT2D eigenvalue weighted by molar-refractivity contribution is 0.594. The molecule has 4 heteroatoms. The van der Waals surface area contributed by atoms with E-state index in [4.69, 9.17) is 17.3 Å². The first-order valence-electron chi connectivity index (χ1n) is 6.31. The first-order valence-corrected chi connectivity index (χ1v) is 7.57. The molecule has 0 amide bonds. The zero-order valence-electron chi connectivity index (χ0n) is 10.6. The van der Waals surface area contributed by atoms with E-state index < -0.39 is 0 Å². The molecule has 0 aliphatic rings. The SMILES string of the molecule is NC(Cc1c(F)cccc1Cl)c1cccc2ccsc12. The molecular weight excluding hydrogens is 293 g/mol. The van der Waals surface area contributed by atoms with Crippen molar-refractivity contribution in [1.29, 1.82) is 0 Å². The summed E-state index contributed by atoms with van der Waals surface area (Å²) < 4.78 is 15.0. The molecule has 0 aliphatic carbocycles. The van der Waals surface area contributed by atoms with Crippen LogP contribution in [-0.4, -0.2) is 0 Å². The van der Waals surface area contributed by atoms with Crippen LogP contribution in [0.25, 0.3) is 10.1 Å². The van der Waals surface area contributed by atoms with Gasteiger partial charge in [0.15, 0.2) is 0 Å². The molecule has 1 atom stereocenters. The zero-order valence-corrected chi connectivity index (χ0v) is 12.2. The van der Waals surface area contributed by atoms with E-state index in [0.717, 1.165) is 10.3 Å². The maximum absolute atomic E-state index is 13.8. The zero-order chi connectivity index (χ0) is 14.1. The van der Waals surface area contributed by atoms with Crippen molar-refractivity contribution >= 4 is 33.0 Å². The van der Waals surface area contributed by atoms with Crippen molar-refractivity contribution in [3.8, 4) is 0 Å². The van der Waals surface area contributed by atoms with Crippen molar-refractivity contribution in [3.63, 3.8) is 0 Å². The van der Waals surface area contributed by atoms with Gasteiger partial charge in [-0.05, 0) is 40.9 Å². The summed E-state index contributed by atoms with van der Waals surface area (Å²) in [5.74, 6) is -0.300. The molecule has 0 bridgehead atoms. The predicted octanol–water partition coefficient (Wildman–Crippen LogP) is 4.94. The van der Waals surface area contributed by atoms with Crippen molar-refractivity contribution in [3.05, 3.63) is 69.8 Å². The van der Waals surface area contributed by atoms with E-state index in [2.05, 4.69) is 12.1 Å². The highest BCUT2D eigenvalue weighted by Gasteiger charge is 2.15. The molecular formula is C16H13ClFNS. The number of nitrogens with two attached hydrogens (primary N) is 1. The summed E-state index contributed by atoms with van der Waals surface area (Å²) in [4.78, 5) is 0. The lowest BCUT2D eigenvalue weighted by Crippen LogP contribution is -2.14. The quantitative estimate of drug-likeness (QED) is 0.729. The van der Waals surface area contributed by atoms with Gasteiger partial charge in [0.1, 0.15) is 5.82 Å². The van der Waals surface area contributed by atoms with Gasteiger partial charge in [0.05, 0.1) is 0 Å². The monoisotopic (exact) mass is 305 g/mol. The summed E-state index contributed by atoms with van der Waals surface area (Å²) in [5, 5.41) is 3.64. The molecule has 0 saturated carbocycles. The number of hydrogen-bond donors (Lipinski definition) is 1. The molecule has 0 saturated heterocycles. The Bertz CT molecular complexity index is 733. The lowest BCUT2D eigenvalue weighted by atomic mass is 9.98. The molecule has 3 aromatic rings. The van der Waals surface area contributed by atoms with Gasteiger partial charge >= 0.3 is 0 Å². The lowest BCUT2D eigenvalue weighted by Gasteiger charge is -2.14. The summed E-state index contributed by atoms with van der Waals surface area (Å²) in [5.41, 5.74) is 7.79. The maximum Gasteiger partial charge on any atom is 0.127 e. The molecule has 0 aliphatic heterocycles. The summed E-state index contributed by atoms with van der Waals surface area (Å²) in [6, 6.07) is 12.5. The number of rotatable bonds is 3. The molecule has 0 fully saturated rings. The maximum atomic E-state index is 13.8. The third kappa shape index (κ3) is 2.44. The molecule has 1 heterocycles. The third-order valence-electron chi connectivity index (χ3n) is 3.39. The average molecular weight is 306 g/mol. The molecule has 2 N–H and O–H groups in total. The fourth-order valence-corrected chi connectivity index (χ4v) is 3.58. The van der Waals surface area contributed by atoms with E-state index in [1.165, 1.54) is 11.5 Å². The first kappa shape index (κ1) is 13.6. The van der Waals surface area contributed by atoms with E-state index >= 15 is 0 Å². The third-order valence-corrected chi connectivity index (χ3v) is 4.73. The minimum absolute atomic E-state index is 0.272. The van der Waals surface area contributed by atoms with Crippen molar-refractivity contribution < 1.29 is 4.39 Å². The second-order valence-electron chi connectivity index (χ2n) is 4.70. The fraction of sp³-hybridized carbons (Fsp3) is 0.125. The van der Waals surface area contributed by atoms with Crippen molar-refractivity contribution in [2.75, 3.05) is 0 Å². The summed E-state index contributed by atoms with van der Waals surface area (Å²) in [7, 11) is 0. The Balaban J connectivity index is 1.97. The van der Waals surface area contributed by atoms with Gasteiger partial charge in [0, 0.05) is 21.3 Å². The normalized spacial score (nSPS) is 12.8. The van der Waals surface area contributed by atoms with Gasteiger partial charge < -0.3 is 5.73 Å². The molecule has 20 heavy (non-hydrogen) atoms. The minimum Gasteiger partial charge on any atom is -0.324 e. The van der Waals surface area contributed by atoms with E-state index in [1.54, 1.807) is 23.5 Å². The Kier molecular flexibility index (Phi) is 3.74. The molecule has 102 valence electrons. The molecule has 0 radical (unpaired) electrons. The molecule has 1 nitrogen and oxygen atoms in total. The Morgan fingerprint density at radius 3 is 2.75 bits per heavy atom.